The van der Waals surface area contributed by atoms with Gasteiger partial charge in [0.05, 0.1) is 6.54 Å². The molecular weight excluding hydrogens is 294 g/mol. The highest BCUT2D eigenvalue weighted by Gasteiger charge is 2.08. The number of benzene rings is 1. The molecule has 1 heterocycles. The zero-order chi connectivity index (χ0) is 12.3. The van der Waals surface area contributed by atoms with Crippen LogP contribution in [0.25, 0.3) is 0 Å². The highest BCUT2D eigenvalue weighted by Crippen LogP contribution is 2.26. The van der Waals surface area contributed by atoms with E-state index in [-0.39, 0.29) is 0 Å². The highest BCUT2D eigenvalue weighted by atomic mass is 79.9. The van der Waals surface area contributed by atoms with E-state index in [0.29, 0.717) is 0 Å². The molecule has 0 aliphatic carbocycles. The predicted molar refractivity (Wildman–Crippen MR) is 79.9 cm³/mol. The maximum absolute atomic E-state index is 3.59. The number of thiophene rings is 1. The molecule has 3 heteroatoms. The first-order chi connectivity index (χ1) is 8.20. The summed E-state index contributed by atoms with van der Waals surface area (Å²) in [6.07, 6.45) is 0. The van der Waals surface area contributed by atoms with Crippen LogP contribution in [0.5, 0.6) is 0 Å². The summed E-state index contributed by atoms with van der Waals surface area (Å²) in [6.45, 7) is 6.31. The quantitative estimate of drug-likeness (QED) is 0.780. The van der Waals surface area contributed by atoms with E-state index in [9.17, 15) is 0 Å². The monoisotopic (exact) mass is 309 g/mol. The summed E-state index contributed by atoms with van der Waals surface area (Å²) in [4.78, 5) is 3.77. The molecule has 0 amide bonds. The first kappa shape index (κ1) is 12.7. The normalized spacial score (nSPS) is 10.5. The molecule has 0 aliphatic heterocycles. The third kappa shape index (κ3) is 3.11. The highest BCUT2D eigenvalue weighted by molar-refractivity contribution is 9.10. The van der Waals surface area contributed by atoms with E-state index in [2.05, 4.69) is 70.4 Å². The van der Waals surface area contributed by atoms with E-state index in [0.717, 1.165) is 13.1 Å². The molecule has 0 saturated carbocycles. The number of aryl methyl sites for hydroxylation is 1. The van der Waals surface area contributed by atoms with Gasteiger partial charge in [-0.2, -0.15) is 0 Å². The number of anilines is 1. The van der Waals surface area contributed by atoms with Crippen molar-refractivity contribution in [2.75, 3.05) is 11.4 Å². The van der Waals surface area contributed by atoms with Crippen LogP contribution in [0.4, 0.5) is 5.69 Å². The molecule has 1 aromatic heterocycles. The topological polar surface area (TPSA) is 3.24 Å². The summed E-state index contributed by atoms with van der Waals surface area (Å²) >= 11 is 5.39. The summed E-state index contributed by atoms with van der Waals surface area (Å²) in [5, 5.41) is 2.13. The lowest BCUT2D eigenvalue weighted by molar-refractivity contribution is 0.840. The van der Waals surface area contributed by atoms with Crippen molar-refractivity contribution >= 4 is 33.0 Å². The van der Waals surface area contributed by atoms with Crippen molar-refractivity contribution in [1.82, 2.24) is 0 Å². The summed E-state index contributed by atoms with van der Waals surface area (Å²) in [7, 11) is 0. The fraction of sp³-hybridized carbons (Fsp3) is 0.286. The Morgan fingerprint density at radius 2 is 1.88 bits per heavy atom. The molecule has 90 valence electrons. The van der Waals surface area contributed by atoms with Gasteiger partial charge in [-0.25, -0.2) is 0 Å². The van der Waals surface area contributed by atoms with Gasteiger partial charge in [-0.3, -0.25) is 0 Å². The molecule has 17 heavy (non-hydrogen) atoms. The van der Waals surface area contributed by atoms with E-state index in [1.165, 1.54) is 20.6 Å². The molecule has 0 saturated heterocycles. The summed E-state index contributed by atoms with van der Waals surface area (Å²) in [5.74, 6) is 0. The van der Waals surface area contributed by atoms with Gasteiger partial charge in [-0.1, -0.05) is 17.7 Å². The molecular formula is C14H16BrNS. The summed E-state index contributed by atoms with van der Waals surface area (Å²) < 4.78 is 1.22. The van der Waals surface area contributed by atoms with Crippen LogP contribution < -0.4 is 4.90 Å². The van der Waals surface area contributed by atoms with E-state index in [4.69, 9.17) is 0 Å². The molecule has 1 nitrogen and oxygen atoms in total. The van der Waals surface area contributed by atoms with E-state index in [1.54, 1.807) is 11.3 Å². The van der Waals surface area contributed by atoms with Crippen LogP contribution in [0.3, 0.4) is 0 Å². The van der Waals surface area contributed by atoms with Gasteiger partial charge >= 0.3 is 0 Å². The third-order valence-electron chi connectivity index (χ3n) is 2.81. The van der Waals surface area contributed by atoms with Gasteiger partial charge in [0.15, 0.2) is 0 Å². The minimum absolute atomic E-state index is 0.970. The van der Waals surface area contributed by atoms with Crippen molar-refractivity contribution in [1.29, 1.82) is 0 Å². The van der Waals surface area contributed by atoms with Crippen molar-refractivity contribution in [3.63, 3.8) is 0 Å². The van der Waals surface area contributed by atoms with Crippen LogP contribution in [0, 0.1) is 6.92 Å². The number of hydrogen-bond donors (Lipinski definition) is 0. The fourth-order valence-electron chi connectivity index (χ4n) is 1.75. The first-order valence-corrected chi connectivity index (χ1v) is 7.41. The van der Waals surface area contributed by atoms with Crippen molar-refractivity contribution in [3.05, 3.63) is 50.6 Å². The Kier molecular flexibility index (Phi) is 4.24. The lowest BCUT2D eigenvalue weighted by atomic mass is 10.2. The minimum atomic E-state index is 0.970. The summed E-state index contributed by atoms with van der Waals surface area (Å²) in [5.41, 5.74) is 2.60. The van der Waals surface area contributed by atoms with Gasteiger partial charge in [-0.05, 0) is 53.4 Å². The summed E-state index contributed by atoms with van der Waals surface area (Å²) in [6, 6.07) is 10.8. The molecule has 0 bridgehead atoms. The molecule has 0 fully saturated rings. The SMILES string of the molecule is CCN(Cc1sccc1Br)c1ccc(C)cc1. The van der Waals surface area contributed by atoms with Crippen LogP contribution in [0.2, 0.25) is 0 Å². The van der Waals surface area contributed by atoms with Gasteiger partial charge in [0.25, 0.3) is 0 Å². The second-order valence-electron chi connectivity index (χ2n) is 4.04. The van der Waals surface area contributed by atoms with Gasteiger partial charge in [0, 0.05) is 21.6 Å². The number of rotatable bonds is 4. The molecule has 0 spiro atoms. The van der Waals surface area contributed by atoms with Crippen LogP contribution >= 0.6 is 27.3 Å². The first-order valence-electron chi connectivity index (χ1n) is 5.74. The molecule has 0 aliphatic rings. The Labute approximate surface area is 115 Å². The molecule has 0 unspecified atom stereocenters. The largest absolute Gasteiger partial charge is 0.367 e. The van der Waals surface area contributed by atoms with Crippen molar-refractivity contribution in [2.24, 2.45) is 0 Å². The molecule has 1 aromatic carbocycles. The smallest absolute Gasteiger partial charge is 0.0534 e. The molecule has 2 aromatic rings. The standard InChI is InChI=1S/C14H16BrNS/c1-3-16(10-14-13(15)8-9-17-14)12-6-4-11(2)5-7-12/h4-9H,3,10H2,1-2H3. The van der Waals surface area contributed by atoms with Crippen molar-refractivity contribution in [2.45, 2.75) is 20.4 Å². The van der Waals surface area contributed by atoms with Crippen molar-refractivity contribution < 1.29 is 0 Å². The van der Waals surface area contributed by atoms with Crippen LogP contribution in [-0.4, -0.2) is 6.54 Å². The molecule has 0 N–H and O–H groups in total. The predicted octanol–water partition coefficient (Wildman–Crippen LogP) is 4.85. The van der Waals surface area contributed by atoms with E-state index < -0.39 is 0 Å². The number of nitrogens with zero attached hydrogens (tertiary/aromatic N) is 1. The van der Waals surface area contributed by atoms with E-state index >= 15 is 0 Å². The Balaban J connectivity index is 2.17. The zero-order valence-corrected chi connectivity index (χ0v) is 12.5. The third-order valence-corrected chi connectivity index (χ3v) is 4.72. The van der Waals surface area contributed by atoms with Gasteiger partial charge in [-0.15, -0.1) is 11.3 Å². The fourth-order valence-corrected chi connectivity index (χ4v) is 3.24. The molecule has 0 radical (unpaired) electrons. The zero-order valence-electron chi connectivity index (χ0n) is 10.1. The van der Waals surface area contributed by atoms with Crippen LogP contribution in [0.15, 0.2) is 40.2 Å². The van der Waals surface area contributed by atoms with Crippen LogP contribution in [-0.2, 0) is 6.54 Å². The van der Waals surface area contributed by atoms with E-state index in [1.807, 2.05) is 0 Å². The Bertz CT molecular complexity index is 475. The lowest BCUT2D eigenvalue weighted by Gasteiger charge is -2.22. The van der Waals surface area contributed by atoms with Gasteiger partial charge in [0.1, 0.15) is 0 Å². The maximum Gasteiger partial charge on any atom is 0.0534 e. The molecule has 0 atom stereocenters. The maximum atomic E-state index is 3.59. The van der Waals surface area contributed by atoms with Crippen LogP contribution in [0.1, 0.15) is 17.4 Å². The Hall–Kier alpha value is -0.800. The minimum Gasteiger partial charge on any atom is -0.367 e. The second-order valence-corrected chi connectivity index (χ2v) is 5.90. The number of halogens is 1. The average molecular weight is 310 g/mol. The second kappa shape index (κ2) is 5.69. The Morgan fingerprint density at radius 3 is 2.41 bits per heavy atom. The van der Waals surface area contributed by atoms with Crippen molar-refractivity contribution in [3.8, 4) is 0 Å². The number of hydrogen-bond acceptors (Lipinski definition) is 2. The molecule has 2 rings (SSSR count). The Morgan fingerprint density at radius 1 is 1.18 bits per heavy atom. The lowest BCUT2D eigenvalue weighted by Crippen LogP contribution is -2.21. The van der Waals surface area contributed by atoms with Gasteiger partial charge < -0.3 is 4.90 Å². The van der Waals surface area contributed by atoms with Gasteiger partial charge in [0.2, 0.25) is 0 Å². The average Bonchev–Trinajstić information content (AvgIpc) is 2.73.